The summed E-state index contributed by atoms with van der Waals surface area (Å²) in [5.74, 6) is -0.995. The highest BCUT2D eigenvalue weighted by Crippen LogP contribution is 2.15. The lowest BCUT2D eigenvalue weighted by Crippen LogP contribution is -2.35. The van der Waals surface area contributed by atoms with Crippen LogP contribution in [-0.2, 0) is 4.79 Å². The molecule has 0 fully saturated rings. The summed E-state index contributed by atoms with van der Waals surface area (Å²) < 4.78 is 0. The van der Waals surface area contributed by atoms with E-state index in [1.54, 1.807) is 0 Å². The number of aromatic nitrogens is 1. The lowest BCUT2D eigenvalue weighted by molar-refractivity contribution is -0.119. The van der Waals surface area contributed by atoms with Crippen LogP contribution >= 0.6 is 0 Å². The third-order valence-electron chi connectivity index (χ3n) is 2.03. The molecule has 18 heavy (non-hydrogen) atoms. The second-order valence-corrected chi connectivity index (χ2v) is 4.04. The summed E-state index contributed by atoms with van der Waals surface area (Å²) in [4.78, 5) is 25.9. The van der Waals surface area contributed by atoms with Crippen molar-refractivity contribution in [3.8, 4) is 0 Å². The van der Waals surface area contributed by atoms with Crippen molar-refractivity contribution in [1.29, 1.82) is 0 Å². The lowest BCUT2D eigenvalue weighted by Gasteiger charge is -2.11. The van der Waals surface area contributed by atoms with Gasteiger partial charge in [-0.1, -0.05) is 0 Å². The number of nitrogens with one attached hydrogen (secondary N) is 2. The summed E-state index contributed by atoms with van der Waals surface area (Å²) in [5.41, 5.74) is 5.82. The third kappa shape index (κ3) is 3.93. The molecule has 1 aromatic heterocycles. The number of carbonyl (C=O) groups is 2. The number of rotatable bonds is 5. The zero-order valence-electron chi connectivity index (χ0n) is 10.2. The van der Waals surface area contributed by atoms with Crippen LogP contribution in [0.4, 0.5) is 11.5 Å². The van der Waals surface area contributed by atoms with Gasteiger partial charge in [-0.15, -0.1) is 0 Å². The van der Waals surface area contributed by atoms with E-state index in [0.717, 1.165) is 0 Å². The van der Waals surface area contributed by atoms with Gasteiger partial charge in [-0.05, 0) is 19.9 Å². The molecule has 0 aliphatic heterocycles. The number of carbonyl (C=O) groups excluding carboxylic acids is 1. The number of nitrogens with two attached hydrogens (primary N) is 1. The molecule has 1 rings (SSSR count). The highest BCUT2D eigenvalue weighted by molar-refractivity contribution is 5.89. The monoisotopic (exact) mass is 252 g/mol. The minimum atomic E-state index is -1.10. The Morgan fingerprint density at radius 1 is 1.50 bits per heavy atom. The maximum Gasteiger partial charge on any atom is 0.337 e. The Kier molecular flexibility index (Phi) is 4.47. The number of hydrogen-bond acceptors (Lipinski definition) is 5. The quantitative estimate of drug-likeness (QED) is 0.598. The molecule has 5 N–H and O–H groups in total. The smallest absolute Gasteiger partial charge is 0.337 e. The largest absolute Gasteiger partial charge is 0.478 e. The Balaban J connectivity index is 2.63. The molecule has 0 saturated carbocycles. The molecule has 0 unspecified atom stereocenters. The van der Waals surface area contributed by atoms with E-state index < -0.39 is 5.97 Å². The van der Waals surface area contributed by atoms with E-state index in [1.807, 2.05) is 13.8 Å². The first-order chi connectivity index (χ1) is 8.40. The SMILES string of the molecule is CC(C)NC(=O)CNc1ncc(C(=O)O)cc1N. The number of carboxylic acids is 1. The van der Waals surface area contributed by atoms with Crippen molar-refractivity contribution in [2.75, 3.05) is 17.6 Å². The average molecular weight is 252 g/mol. The summed E-state index contributed by atoms with van der Waals surface area (Å²) >= 11 is 0. The molecule has 0 saturated heterocycles. The molecule has 7 heteroatoms. The van der Waals surface area contributed by atoms with Crippen LogP contribution < -0.4 is 16.4 Å². The highest BCUT2D eigenvalue weighted by atomic mass is 16.4. The van der Waals surface area contributed by atoms with Crippen LogP contribution in [0, 0.1) is 0 Å². The van der Waals surface area contributed by atoms with E-state index in [-0.39, 0.29) is 29.7 Å². The second-order valence-electron chi connectivity index (χ2n) is 4.04. The number of nitrogen functional groups attached to an aromatic ring is 1. The molecular formula is C11H16N4O3. The molecule has 1 aromatic rings. The minimum Gasteiger partial charge on any atom is -0.478 e. The van der Waals surface area contributed by atoms with Gasteiger partial charge in [0, 0.05) is 12.2 Å². The Labute approximate surface area is 104 Å². The molecule has 98 valence electrons. The fourth-order valence-corrected chi connectivity index (χ4v) is 1.28. The highest BCUT2D eigenvalue weighted by Gasteiger charge is 2.09. The van der Waals surface area contributed by atoms with E-state index in [1.165, 1.54) is 12.3 Å². The minimum absolute atomic E-state index is 0.00434. The van der Waals surface area contributed by atoms with Crippen molar-refractivity contribution in [3.63, 3.8) is 0 Å². The first-order valence-corrected chi connectivity index (χ1v) is 5.42. The number of aromatic carboxylic acids is 1. The molecule has 0 atom stereocenters. The van der Waals surface area contributed by atoms with Crippen molar-refractivity contribution < 1.29 is 14.7 Å². The van der Waals surface area contributed by atoms with Gasteiger partial charge in [0.25, 0.3) is 0 Å². The fourth-order valence-electron chi connectivity index (χ4n) is 1.28. The van der Waals surface area contributed by atoms with Gasteiger partial charge in [0.1, 0.15) is 5.82 Å². The van der Waals surface area contributed by atoms with E-state index in [4.69, 9.17) is 10.8 Å². The molecule has 7 nitrogen and oxygen atoms in total. The van der Waals surface area contributed by atoms with Crippen LogP contribution in [0.2, 0.25) is 0 Å². The lowest BCUT2D eigenvalue weighted by atomic mass is 10.2. The first-order valence-electron chi connectivity index (χ1n) is 5.42. The predicted molar refractivity (Wildman–Crippen MR) is 67.4 cm³/mol. The second kappa shape index (κ2) is 5.85. The van der Waals surface area contributed by atoms with Crippen molar-refractivity contribution in [2.24, 2.45) is 0 Å². The summed E-state index contributed by atoms with van der Waals surface area (Å²) in [6, 6.07) is 1.34. The molecule has 0 aromatic carbocycles. The Hall–Kier alpha value is -2.31. The number of hydrogen-bond donors (Lipinski definition) is 4. The maximum atomic E-state index is 11.4. The maximum absolute atomic E-state index is 11.4. The number of anilines is 2. The van der Waals surface area contributed by atoms with E-state index in [9.17, 15) is 9.59 Å². The zero-order valence-corrected chi connectivity index (χ0v) is 10.2. The first kappa shape index (κ1) is 13.8. The van der Waals surface area contributed by atoms with Crippen LogP contribution in [-0.4, -0.2) is 34.6 Å². The van der Waals surface area contributed by atoms with Gasteiger partial charge >= 0.3 is 5.97 Å². The molecule has 1 heterocycles. The zero-order chi connectivity index (χ0) is 13.7. The normalized spacial score (nSPS) is 10.2. The molecule has 0 radical (unpaired) electrons. The molecule has 0 aliphatic rings. The van der Waals surface area contributed by atoms with Crippen LogP contribution in [0.5, 0.6) is 0 Å². The number of carboxylic acid groups (broad SMARTS) is 1. The topological polar surface area (TPSA) is 117 Å². The van der Waals surface area contributed by atoms with Crippen molar-refractivity contribution >= 4 is 23.4 Å². The fraction of sp³-hybridized carbons (Fsp3) is 0.364. The Bertz CT molecular complexity index is 460. The number of pyridine rings is 1. The average Bonchev–Trinajstić information content (AvgIpc) is 2.26. The molecule has 0 spiro atoms. The predicted octanol–water partition coefficient (Wildman–Crippen LogP) is 0.298. The van der Waals surface area contributed by atoms with Gasteiger partial charge in [0.05, 0.1) is 17.8 Å². The van der Waals surface area contributed by atoms with E-state index >= 15 is 0 Å². The van der Waals surface area contributed by atoms with Crippen molar-refractivity contribution in [1.82, 2.24) is 10.3 Å². The Morgan fingerprint density at radius 2 is 2.17 bits per heavy atom. The van der Waals surface area contributed by atoms with Gasteiger partial charge in [0.2, 0.25) is 5.91 Å². The molecule has 1 amide bonds. The van der Waals surface area contributed by atoms with Gasteiger partial charge in [0.15, 0.2) is 0 Å². The number of amides is 1. The van der Waals surface area contributed by atoms with Crippen molar-refractivity contribution in [3.05, 3.63) is 17.8 Å². The molecule has 0 aliphatic carbocycles. The summed E-state index contributed by atoms with van der Waals surface area (Å²) in [6.45, 7) is 3.74. The summed E-state index contributed by atoms with van der Waals surface area (Å²) in [6.07, 6.45) is 1.18. The van der Waals surface area contributed by atoms with Gasteiger partial charge in [-0.2, -0.15) is 0 Å². The van der Waals surface area contributed by atoms with Crippen LogP contribution in [0.3, 0.4) is 0 Å². The molecule has 0 bridgehead atoms. The summed E-state index contributed by atoms with van der Waals surface area (Å²) in [7, 11) is 0. The molecular weight excluding hydrogens is 236 g/mol. The van der Waals surface area contributed by atoms with Gasteiger partial charge in [-0.25, -0.2) is 9.78 Å². The van der Waals surface area contributed by atoms with E-state index in [2.05, 4.69) is 15.6 Å². The van der Waals surface area contributed by atoms with Crippen LogP contribution in [0.15, 0.2) is 12.3 Å². The van der Waals surface area contributed by atoms with E-state index in [0.29, 0.717) is 5.82 Å². The van der Waals surface area contributed by atoms with Crippen molar-refractivity contribution in [2.45, 2.75) is 19.9 Å². The van der Waals surface area contributed by atoms with Crippen LogP contribution in [0.25, 0.3) is 0 Å². The van der Waals surface area contributed by atoms with Crippen LogP contribution in [0.1, 0.15) is 24.2 Å². The summed E-state index contributed by atoms with van der Waals surface area (Å²) in [5, 5.41) is 14.2. The standard InChI is InChI=1S/C11H16N4O3/c1-6(2)15-9(16)5-14-10-8(12)3-7(4-13-10)11(17)18/h3-4,6H,5,12H2,1-2H3,(H,13,14)(H,15,16)(H,17,18). The van der Waals surface area contributed by atoms with Gasteiger partial charge < -0.3 is 21.5 Å². The Morgan fingerprint density at radius 3 is 2.67 bits per heavy atom. The van der Waals surface area contributed by atoms with Gasteiger partial charge in [-0.3, -0.25) is 4.79 Å². The third-order valence-corrected chi connectivity index (χ3v) is 2.03. The number of nitrogens with zero attached hydrogens (tertiary/aromatic N) is 1.